The molecule has 5 aliphatic rings. The van der Waals surface area contributed by atoms with Crippen molar-refractivity contribution in [1.82, 2.24) is 9.55 Å². The van der Waals surface area contributed by atoms with Crippen LogP contribution in [0.5, 0.6) is 0 Å². The van der Waals surface area contributed by atoms with Gasteiger partial charge in [0, 0.05) is 29.1 Å². The zero-order valence-corrected chi connectivity index (χ0v) is 26.5. The number of nitrogens with two attached hydrogens (primary N) is 1. The maximum Gasteiger partial charge on any atom is 0.285 e. The minimum atomic E-state index is -0.806. The lowest BCUT2D eigenvalue weighted by Crippen LogP contribution is -2.66. The van der Waals surface area contributed by atoms with E-state index >= 15 is 0 Å². The molecule has 0 radical (unpaired) electrons. The molecule has 43 heavy (non-hydrogen) atoms. The molecule has 8 heteroatoms. The zero-order valence-electron chi connectivity index (χ0n) is 26.5. The SMILES string of the molecule is [C-]#[N+]C1=CC2(C)C3=CC(=O)C4C5CC(C)(C)CCC5(C(=O)n5ccnc5C(N)=O)CCC4(C)C3(C)CCC2C(C)(C)C1=O. The summed E-state index contributed by atoms with van der Waals surface area (Å²) in [5.41, 5.74) is 3.86. The van der Waals surface area contributed by atoms with Crippen molar-refractivity contribution in [1.29, 1.82) is 0 Å². The number of amides is 1. The molecular formula is C35H44N4O4. The molecule has 0 bridgehead atoms. The quantitative estimate of drug-likeness (QED) is 0.416. The number of nitrogens with zero attached hydrogens (tertiary/aromatic N) is 3. The van der Waals surface area contributed by atoms with Crippen molar-refractivity contribution in [3.63, 3.8) is 0 Å². The largest absolute Gasteiger partial charge is 0.363 e. The third-order valence-electron chi connectivity index (χ3n) is 13.3. The molecule has 7 atom stereocenters. The number of fused-ring (bicyclic) bond motifs is 7. The summed E-state index contributed by atoms with van der Waals surface area (Å²) in [4.78, 5) is 62.5. The first-order valence-corrected chi connectivity index (χ1v) is 15.7. The van der Waals surface area contributed by atoms with Gasteiger partial charge < -0.3 is 10.5 Å². The van der Waals surface area contributed by atoms with Gasteiger partial charge in [-0.05, 0) is 79.1 Å². The molecule has 3 fully saturated rings. The van der Waals surface area contributed by atoms with Crippen LogP contribution in [0, 0.1) is 56.8 Å². The molecule has 5 aliphatic carbocycles. The monoisotopic (exact) mass is 584 g/mol. The van der Waals surface area contributed by atoms with Crippen LogP contribution in [0.1, 0.15) is 109 Å². The van der Waals surface area contributed by atoms with E-state index in [1.54, 1.807) is 0 Å². The molecule has 6 rings (SSSR count). The standard InChI is InChI=1S/C35H44N4O4/c1-30(2)11-13-35(29(43)39-16-15-38-28(39)27(36)42)14-12-34(7)25(20(35)18-30)22(40)17-24-32(5)19-21(37-8)26(41)31(3,4)23(32)9-10-33(24,34)6/h15-17,19-20,23,25H,9-14,18H2,1-7H3,(H2,36,42). The van der Waals surface area contributed by atoms with Gasteiger partial charge in [-0.3, -0.25) is 19.0 Å². The number of primary amides is 1. The molecule has 0 saturated heterocycles. The number of hydrogen-bond donors (Lipinski definition) is 1. The lowest BCUT2D eigenvalue weighted by molar-refractivity contribution is -0.164. The number of rotatable bonds is 2. The lowest BCUT2D eigenvalue weighted by atomic mass is 9.34. The van der Waals surface area contributed by atoms with Crippen molar-refractivity contribution >= 4 is 23.4 Å². The van der Waals surface area contributed by atoms with Crippen LogP contribution in [0.3, 0.4) is 0 Å². The summed E-state index contributed by atoms with van der Waals surface area (Å²) in [6, 6.07) is 0. The maximum absolute atomic E-state index is 14.7. The number of imidazole rings is 1. The Morgan fingerprint density at radius 3 is 2.35 bits per heavy atom. The van der Waals surface area contributed by atoms with Gasteiger partial charge in [-0.1, -0.05) is 60.1 Å². The number of ketones is 2. The van der Waals surface area contributed by atoms with Crippen molar-refractivity contribution in [3.05, 3.63) is 53.1 Å². The van der Waals surface area contributed by atoms with Crippen LogP contribution < -0.4 is 5.73 Å². The van der Waals surface area contributed by atoms with Crippen LogP contribution in [0.2, 0.25) is 0 Å². The molecule has 1 heterocycles. The number of hydrogen-bond acceptors (Lipinski definition) is 5. The molecule has 0 aliphatic heterocycles. The van der Waals surface area contributed by atoms with Crippen LogP contribution in [-0.2, 0) is 9.59 Å². The molecule has 3 saturated carbocycles. The third-order valence-corrected chi connectivity index (χ3v) is 13.3. The first-order valence-electron chi connectivity index (χ1n) is 15.7. The number of aromatic nitrogens is 2. The molecule has 0 aromatic carbocycles. The van der Waals surface area contributed by atoms with E-state index in [4.69, 9.17) is 12.3 Å². The molecule has 1 amide bonds. The number of carbonyl (C=O) groups excluding carboxylic acids is 4. The van der Waals surface area contributed by atoms with Crippen LogP contribution in [0.25, 0.3) is 4.85 Å². The van der Waals surface area contributed by atoms with E-state index in [2.05, 4.69) is 44.4 Å². The highest BCUT2D eigenvalue weighted by molar-refractivity contribution is 6.03. The van der Waals surface area contributed by atoms with E-state index in [1.807, 2.05) is 26.0 Å². The van der Waals surface area contributed by atoms with Gasteiger partial charge in [-0.15, -0.1) is 0 Å². The first-order chi connectivity index (χ1) is 19.9. The molecule has 8 nitrogen and oxygen atoms in total. The van der Waals surface area contributed by atoms with Gasteiger partial charge in [0.1, 0.15) is 0 Å². The Hall–Kier alpha value is -3.34. The van der Waals surface area contributed by atoms with E-state index in [0.717, 1.165) is 31.3 Å². The van der Waals surface area contributed by atoms with Gasteiger partial charge in [-0.2, -0.15) is 0 Å². The minimum Gasteiger partial charge on any atom is -0.363 e. The predicted molar refractivity (Wildman–Crippen MR) is 161 cm³/mol. The van der Waals surface area contributed by atoms with E-state index in [9.17, 15) is 19.2 Å². The molecule has 2 N–H and O–H groups in total. The molecule has 228 valence electrons. The lowest BCUT2D eigenvalue weighted by Gasteiger charge is -2.69. The van der Waals surface area contributed by atoms with E-state index in [1.165, 1.54) is 17.0 Å². The summed E-state index contributed by atoms with van der Waals surface area (Å²) < 4.78 is 1.33. The van der Waals surface area contributed by atoms with Gasteiger partial charge in [0.15, 0.2) is 11.6 Å². The second-order valence-electron chi connectivity index (χ2n) is 16.2. The average molecular weight is 585 g/mol. The Morgan fingerprint density at radius 1 is 1.02 bits per heavy atom. The smallest absolute Gasteiger partial charge is 0.285 e. The van der Waals surface area contributed by atoms with Crippen LogP contribution >= 0.6 is 0 Å². The van der Waals surface area contributed by atoms with Gasteiger partial charge in [-0.25, -0.2) is 9.83 Å². The molecule has 7 unspecified atom stereocenters. The highest BCUT2D eigenvalue weighted by Gasteiger charge is 2.71. The maximum atomic E-state index is 14.7. The highest BCUT2D eigenvalue weighted by atomic mass is 16.2. The first kappa shape index (κ1) is 29.7. The second kappa shape index (κ2) is 8.86. The van der Waals surface area contributed by atoms with Gasteiger partial charge in [0.2, 0.25) is 17.4 Å². The fourth-order valence-electron chi connectivity index (χ4n) is 10.9. The Balaban J connectivity index is 1.52. The van der Waals surface area contributed by atoms with E-state index in [0.29, 0.717) is 19.3 Å². The Labute approximate surface area is 254 Å². The van der Waals surface area contributed by atoms with Gasteiger partial charge in [0.05, 0.1) is 12.0 Å². The van der Waals surface area contributed by atoms with Gasteiger partial charge in [0.25, 0.3) is 5.91 Å². The van der Waals surface area contributed by atoms with Gasteiger partial charge >= 0.3 is 0 Å². The van der Waals surface area contributed by atoms with Crippen molar-refractivity contribution in [2.24, 2.45) is 56.0 Å². The average Bonchev–Trinajstić information content (AvgIpc) is 3.42. The zero-order chi connectivity index (χ0) is 31.5. The predicted octanol–water partition coefficient (Wildman–Crippen LogP) is 6.19. The Morgan fingerprint density at radius 2 is 1.70 bits per heavy atom. The molecule has 1 aromatic rings. The fourth-order valence-corrected chi connectivity index (χ4v) is 10.9. The number of Topliss-reactive ketones (excluding diaryl/α,β-unsaturated/α-hetero) is 1. The minimum absolute atomic E-state index is 0.0170. The second-order valence-corrected chi connectivity index (χ2v) is 16.2. The summed E-state index contributed by atoms with van der Waals surface area (Å²) in [6.45, 7) is 22.8. The van der Waals surface area contributed by atoms with Crippen molar-refractivity contribution in [3.8, 4) is 0 Å². The number of carbonyl (C=O) groups is 4. The molecule has 1 aromatic heterocycles. The van der Waals surface area contributed by atoms with E-state index < -0.39 is 27.6 Å². The van der Waals surface area contributed by atoms with E-state index in [-0.39, 0.29) is 57.6 Å². The topological polar surface area (TPSA) is 116 Å². The summed E-state index contributed by atoms with van der Waals surface area (Å²) in [5, 5.41) is 0. The summed E-state index contributed by atoms with van der Waals surface area (Å²) in [5.74, 6) is -1.66. The highest BCUT2D eigenvalue weighted by Crippen LogP contribution is 2.74. The van der Waals surface area contributed by atoms with Crippen LogP contribution in [0.15, 0.2) is 35.8 Å². The van der Waals surface area contributed by atoms with Crippen molar-refractivity contribution in [2.75, 3.05) is 0 Å². The van der Waals surface area contributed by atoms with Crippen LogP contribution in [-0.4, -0.2) is 32.9 Å². The van der Waals surface area contributed by atoms with Crippen molar-refractivity contribution < 1.29 is 19.2 Å². The Bertz CT molecular complexity index is 1590. The summed E-state index contributed by atoms with van der Waals surface area (Å²) in [6.07, 6.45) is 11.8. The third kappa shape index (κ3) is 3.63. The summed E-state index contributed by atoms with van der Waals surface area (Å²) in [7, 11) is 0. The summed E-state index contributed by atoms with van der Waals surface area (Å²) >= 11 is 0. The molecule has 0 spiro atoms. The number of allylic oxidation sites excluding steroid dienone is 4. The molecular weight excluding hydrogens is 540 g/mol. The normalized spacial score (nSPS) is 40.9. The van der Waals surface area contributed by atoms with Crippen molar-refractivity contribution in [2.45, 2.75) is 93.4 Å². The fraction of sp³-hybridized carbons (Fsp3) is 0.657. The Kier molecular flexibility index (Phi) is 6.12. The van der Waals surface area contributed by atoms with Crippen LogP contribution in [0.4, 0.5) is 0 Å².